The first-order chi connectivity index (χ1) is 17.0. The van der Waals surface area contributed by atoms with Crippen LogP contribution in [0.2, 0.25) is 0 Å². The Kier molecular flexibility index (Phi) is 7.90. The highest BCUT2D eigenvalue weighted by atomic mass is 32.1. The van der Waals surface area contributed by atoms with Crippen LogP contribution in [0.4, 0.5) is 4.79 Å². The molecule has 0 aliphatic carbocycles. The Morgan fingerprint density at radius 3 is 2.20 bits per heavy atom. The third-order valence-corrected chi connectivity index (χ3v) is 6.07. The van der Waals surface area contributed by atoms with Gasteiger partial charge in [0.1, 0.15) is 23.9 Å². The van der Waals surface area contributed by atoms with Crippen LogP contribution in [0.5, 0.6) is 0 Å². The Morgan fingerprint density at radius 2 is 1.49 bits per heavy atom. The van der Waals surface area contributed by atoms with E-state index in [0.717, 1.165) is 27.6 Å². The molecule has 3 aromatic carbocycles. The lowest BCUT2D eigenvalue weighted by Gasteiger charge is -2.18. The molecule has 0 aliphatic rings. The predicted octanol–water partition coefficient (Wildman–Crippen LogP) is 5.49. The fraction of sp³-hybridized carbons (Fsp3) is 0.179. The van der Waals surface area contributed by atoms with Gasteiger partial charge in [0, 0.05) is 29.9 Å². The molecule has 0 saturated heterocycles. The quantitative estimate of drug-likeness (QED) is 0.264. The molecule has 1 amide bonds. The molecule has 0 saturated carbocycles. The summed E-state index contributed by atoms with van der Waals surface area (Å²) >= 11 is 5.46. The van der Waals surface area contributed by atoms with Gasteiger partial charge in [-0.05, 0) is 23.3 Å². The number of hydrogen-bond acceptors (Lipinski definition) is 5. The van der Waals surface area contributed by atoms with Crippen LogP contribution >= 0.6 is 12.2 Å². The van der Waals surface area contributed by atoms with Gasteiger partial charge in [-0.1, -0.05) is 91.1 Å². The minimum atomic E-state index is -0.908. The monoisotopic (exact) mass is 486 g/mol. The summed E-state index contributed by atoms with van der Waals surface area (Å²) in [6, 6.07) is 27.5. The molecule has 1 atom stereocenters. The molecule has 6 nitrogen and oxygen atoms in total. The SMILES string of the molecule is Cn1c(=S)cc(COC(=O)[C@H](Cc2ccccc2)NC(=O)OCc2ccccc2)c2ccccc21. The topological polar surface area (TPSA) is 69.6 Å². The molecule has 0 aliphatic heterocycles. The summed E-state index contributed by atoms with van der Waals surface area (Å²) in [6.07, 6.45) is -0.409. The van der Waals surface area contributed by atoms with E-state index in [-0.39, 0.29) is 19.6 Å². The highest BCUT2D eigenvalue weighted by Crippen LogP contribution is 2.20. The number of aryl methyl sites for hydroxylation is 1. The highest BCUT2D eigenvalue weighted by Gasteiger charge is 2.24. The number of esters is 1. The van der Waals surface area contributed by atoms with E-state index in [2.05, 4.69) is 5.32 Å². The summed E-state index contributed by atoms with van der Waals surface area (Å²) in [5.74, 6) is -0.547. The molecule has 0 bridgehead atoms. The summed E-state index contributed by atoms with van der Waals surface area (Å²) in [7, 11) is 1.90. The van der Waals surface area contributed by atoms with Crippen LogP contribution in [0.15, 0.2) is 91.0 Å². The Balaban J connectivity index is 1.47. The molecular formula is C28H26N2O4S. The van der Waals surface area contributed by atoms with Gasteiger partial charge in [-0.15, -0.1) is 0 Å². The largest absolute Gasteiger partial charge is 0.459 e. The number of fused-ring (bicyclic) bond motifs is 1. The third-order valence-electron chi connectivity index (χ3n) is 5.68. The number of nitrogens with one attached hydrogen (secondary N) is 1. The molecule has 1 aromatic heterocycles. The lowest BCUT2D eigenvalue weighted by atomic mass is 10.1. The molecule has 1 N–H and O–H groups in total. The van der Waals surface area contributed by atoms with Crippen molar-refractivity contribution < 1.29 is 19.1 Å². The first-order valence-electron chi connectivity index (χ1n) is 11.3. The highest BCUT2D eigenvalue weighted by molar-refractivity contribution is 7.71. The average Bonchev–Trinajstić information content (AvgIpc) is 2.89. The maximum Gasteiger partial charge on any atom is 0.408 e. The van der Waals surface area contributed by atoms with Crippen molar-refractivity contribution >= 4 is 35.2 Å². The van der Waals surface area contributed by atoms with E-state index in [1.165, 1.54) is 0 Å². The first kappa shape index (κ1) is 24.2. The molecule has 0 fully saturated rings. The van der Waals surface area contributed by atoms with Crippen LogP contribution in [0.3, 0.4) is 0 Å². The van der Waals surface area contributed by atoms with Gasteiger partial charge in [0.25, 0.3) is 0 Å². The van der Waals surface area contributed by atoms with Crippen LogP contribution < -0.4 is 5.32 Å². The van der Waals surface area contributed by atoms with Crippen molar-refractivity contribution in [1.82, 2.24) is 9.88 Å². The second kappa shape index (κ2) is 11.4. The second-order valence-electron chi connectivity index (χ2n) is 8.14. The van der Waals surface area contributed by atoms with Crippen LogP contribution in [0, 0.1) is 4.64 Å². The van der Waals surface area contributed by atoms with Crippen LogP contribution in [-0.4, -0.2) is 22.7 Å². The minimum absolute atomic E-state index is 0.0376. The number of carbonyl (C=O) groups excluding carboxylic acids is 2. The molecule has 0 spiro atoms. The van der Waals surface area contributed by atoms with Crippen molar-refractivity contribution in [2.24, 2.45) is 7.05 Å². The van der Waals surface area contributed by atoms with Gasteiger partial charge in [0.15, 0.2) is 0 Å². The second-order valence-corrected chi connectivity index (χ2v) is 8.56. The molecular weight excluding hydrogens is 460 g/mol. The van der Waals surface area contributed by atoms with Crippen molar-refractivity contribution in [2.75, 3.05) is 0 Å². The zero-order valence-corrected chi connectivity index (χ0v) is 20.2. The molecule has 35 heavy (non-hydrogen) atoms. The summed E-state index contributed by atoms with van der Waals surface area (Å²) in [5, 5.41) is 3.62. The number of para-hydroxylation sites is 1. The number of rotatable bonds is 8. The average molecular weight is 487 g/mol. The van der Waals surface area contributed by atoms with E-state index in [9.17, 15) is 9.59 Å². The molecule has 4 rings (SSSR count). The van der Waals surface area contributed by atoms with Crippen molar-refractivity contribution in [2.45, 2.75) is 25.7 Å². The zero-order valence-electron chi connectivity index (χ0n) is 19.3. The minimum Gasteiger partial charge on any atom is -0.459 e. The molecule has 4 aromatic rings. The van der Waals surface area contributed by atoms with Crippen molar-refractivity contribution in [1.29, 1.82) is 0 Å². The van der Waals surface area contributed by atoms with E-state index in [1.54, 1.807) is 0 Å². The third kappa shape index (κ3) is 6.33. The number of amides is 1. The normalized spacial score (nSPS) is 11.6. The summed E-state index contributed by atoms with van der Waals surface area (Å²) in [6.45, 7) is 0.143. The predicted molar refractivity (Wildman–Crippen MR) is 137 cm³/mol. The van der Waals surface area contributed by atoms with Crippen LogP contribution in [-0.2, 0) is 41.0 Å². The van der Waals surface area contributed by atoms with Crippen molar-refractivity contribution in [3.05, 3.63) is 112 Å². The maximum absolute atomic E-state index is 13.1. The summed E-state index contributed by atoms with van der Waals surface area (Å²) in [5.41, 5.74) is 3.51. The van der Waals surface area contributed by atoms with Gasteiger partial charge in [0.05, 0.1) is 0 Å². The molecule has 1 heterocycles. The van der Waals surface area contributed by atoms with Gasteiger partial charge < -0.3 is 19.4 Å². The Morgan fingerprint density at radius 1 is 0.857 bits per heavy atom. The lowest BCUT2D eigenvalue weighted by Crippen LogP contribution is -2.43. The first-order valence-corrected chi connectivity index (χ1v) is 11.7. The Labute approximate surface area is 209 Å². The fourth-order valence-electron chi connectivity index (χ4n) is 3.80. The Hall–Kier alpha value is -3.97. The molecule has 178 valence electrons. The summed E-state index contributed by atoms with van der Waals surface area (Å²) in [4.78, 5) is 25.6. The number of pyridine rings is 1. The van der Waals surface area contributed by atoms with Crippen LogP contribution in [0.25, 0.3) is 10.9 Å². The lowest BCUT2D eigenvalue weighted by molar-refractivity contribution is -0.147. The standard InChI is InChI=1S/C28H26N2O4S/c1-30-25-15-9-8-14-23(25)22(17-26(30)35)19-33-27(31)24(16-20-10-4-2-5-11-20)29-28(32)34-18-21-12-6-3-7-13-21/h2-15,17,24H,16,18-19H2,1H3,(H,29,32)/t24-/m0/s1. The number of hydrogen-bond donors (Lipinski definition) is 1. The molecule has 0 unspecified atom stereocenters. The van der Waals surface area contributed by atoms with Crippen molar-refractivity contribution in [3.63, 3.8) is 0 Å². The number of ether oxygens (including phenoxy) is 2. The number of carbonyl (C=O) groups is 2. The summed E-state index contributed by atoms with van der Waals surface area (Å²) < 4.78 is 13.5. The van der Waals surface area contributed by atoms with Gasteiger partial charge >= 0.3 is 12.1 Å². The van der Waals surface area contributed by atoms with E-state index >= 15 is 0 Å². The smallest absolute Gasteiger partial charge is 0.408 e. The van der Waals surface area contributed by atoms with E-state index < -0.39 is 18.1 Å². The molecule has 7 heteroatoms. The molecule has 0 radical (unpaired) electrons. The van der Waals surface area contributed by atoms with E-state index in [0.29, 0.717) is 4.64 Å². The number of benzene rings is 3. The van der Waals surface area contributed by atoms with Gasteiger partial charge in [0.2, 0.25) is 0 Å². The van der Waals surface area contributed by atoms with Gasteiger partial charge in [-0.2, -0.15) is 0 Å². The number of alkyl carbamates (subject to hydrolysis) is 1. The maximum atomic E-state index is 13.1. The van der Waals surface area contributed by atoms with E-state index in [1.807, 2.05) is 103 Å². The zero-order chi connectivity index (χ0) is 24.6. The number of nitrogens with zero attached hydrogens (tertiary/aromatic N) is 1. The Bertz CT molecular complexity index is 1370. The van der Waals surface area contributed by atoms with Crippen molar-refractivity contribution in [3.8, 4) is 0 Å². The number of aromatic nitrogens is 1. The van der Waals surface area contributed by atoms with Gasteiger partial charge in [-0.25, -0.2) is 9.59 Å². The fourth-order valence-corrected chi connectivity index (χ4v) is 4.04. The van der Waals surface area contributed by atoms with E-state index in [4.69, 9.17) is 21.7 Å². The van der Waals surface area contributed by atoms with Crippen LogP contribution in [0.1, 0.15) is 16.7 Å². The van der Waals surface area contributed by atoms with Gasteiger partial charge in [-0.3, -0.25) is 0 Å².